The Morgan fingerprint density at radius 2 is 1.80 bits per heavy atom. The van der Waals surface area contributed by atoms with Gasteiger partial charge in [0.15, 0.2) is 0 Å². The van der Waals surface area contributed by atoms with E-state index in [0.717, 1.165) is 25.1 Å². The molecule has 1 aromatic carbocycles. The predicted octanol–water partition coefficient (Wildman–Crippen LogP) is 3.68. The molecule has 2 nitrogen and oxygen atoms in total. The topological polar surface area (TPSA) is 16.1 Å². The molecule has 0 bridgehead atoms. The second-order valence-electron chi connectivity index (χ2n) is 4.89. The van der Waals surface area contributed by atoms with Gasteiger partial charge >= 0.3 is 0 Å². The summed E-state index contributed by atoms with van der Waals surface area (Å²) in [6.45, 7) is 1.66. The highest BCUT2D eigenvalue weighted by atomic mass is 35.5. The van der Waals surface area contributed by atoms with Crippen LogP contribution in [-0.2, 0) is 6.42 Å². The third-order valence-corrected chi connectivity index (χ3v) is 3.63. The molecule has 0 aliphatic carbocycles. The molecule has 2 rings (SSSR count). The van der Waals surface area contributed by atoms with Gasteiger partial charge in [0.2, 0.25) is 0 Å². The van der Waals surface area contributed by atoms with Gasteiger partial charge in [0.25, 0.3) is 0 Å². The number of hydrogen-bond donors (Lipinski definition) is 0. The van der Waals surface area contributed by atoms with Crippen LogP contribution in [0.15, 0.2) is 48.8 Å². The summed E-state index contributed by atoms with van der Waals surface area (Å²) in [4.78, 5) is 6.18. The standard InChI is InChI=1S/C16H18ClFN2/c1-20(11-8-13-6-9-19-10-7-13)12-16(17)14-2-4-15(18)5-3-14/h2-7,9-10,16H,8,11-12H2,1H3. The Kier molecular flexibility index (Phi) is 5.50. The van der Waals surface area contributed by atoms with E-state index in [9.17, 15) is 4.39 Å². The van der Waals surface area contributed by atoms with Crippen LogP contribution in [-0.4, -0.2) is 30.0 Å². The number of nitrogens with zero attached hydrogens (tertiary/aromatic N) is 2. The van der Waals surface area contributed by atoms with E-state index in [4.69, 9.17) is 11.6 Å². The van der Waals surface area contributed by atoms with Gasteiger partial charge in [-0.05, 0) is 48.9 Å². The third kappa shape index (κ3) is 4.58. The van der Waals surface area contributed by atoms with E-state index in [0.29, 0.717) is 0 Å². The van der Waals surface area contributed by atoms with Crippen molar-refractivity contribution in [3.8, 4) is 0 Å². The minimum atomic E-state index is -0.233. The van der Waals surface area contributed by atoms with Gasteiger partial charge < -0.3 is 4.90 Å². The SMILES string of the molecule is CN(CCc1ccncc1)CC(Cl)c1ccc(F)cc1. The first kappa shape index (κ1) is 14.9. The Morgan fingerprint density at radius 1 is 1.15 bits per heavy atom. The molecule has 0 fully saturated rings. The fraction of sp³-hybridized carbons (Fsp3) is 0.312. The normalized spacial score (nSPS) is 12.6. The van der Waals surface area contributed by atoms with Gasteiger partial charge in [-0.1, -0.05) is 12.1 Å². The van der Waals surface area contributed by atoms with Crippen molar-refractivity contribution >= 4 is 11.6 Å². The molecule has 20 heavy (non-hydrogen) atoms. The molecular weight excluding hydrogens is 275 g/mol. The summed E-state index contributed by atoms with van der Waals surface area (Å²) < 4.78 is 12.9. The van der Waals surface area contributed by atoms with Crippen LogP contribution in [0.4, 0.5) is 4.39 Å². The van der Waals surface area contributed by atoms with E-state index in [1.165, 1.54) is 17.7 Å². The Labute approximate surface area is 124 Å². The fourth-order valence-corrected chi connectivity index (χ4v) is 2.39. The molecule has 4 heteroatoms. The summed E-state index contributed by atoms with van der Waals surface area (Å²) in [5, 5.41) is -0.127. The maximum atomic E-state index is 12.9. The highest BCUT2D eigenvalue weighted by Crippen LogP contribution is 2.21. The van der Waals surface area contributed by atoms with Gasteiger partial charge in [-0.3, -0.25) is 4.98 Å². The molecule has 1 aromatic heterocycles. The second kappa shape index (κ2) is 7.36. The van der Waals surface area contributed by atoms with Gasteiger partial charge in [0, 0.05) is 25.5 Å². The Balaban J connectivity index is 1.82. The smallest absolute Gasteiger partial charge is 0.123 e. The monoisotopic (exact) mass is 292 g/mol. The Bertz CT molecular complexity index is 516. The zero-order chi connectivity index (χ0) is 14.4. The van der Waals surface area contributed by atoms with Crippen molar-refractivity contribution in [2.45, 2.75) is 11.8 Å². The lowest BCUT2D eigenvalue weighted by molar-refractivity contribution is 0.338. The lowest BCUT2D eigenvalue weighted by Gasteiger charge is -2.20. The molecular formula is C16H18ClFN2. The third-order valence-electron chi connectivity index (χ3n) is 3.24. The fourth-order valence-electron chi connectivity index (χ4n) is 2.01. The van der Waals surface area contributed by atoms with Crippen molar-refractivity contribution in [2.75, 3.05) is 20.1 Å². The van der Waals surface area contributed by atoms with Crippen LogP contribution >= 0.6 is 11.6 Å². The van der Waals surface area contributed by atoms with Crippen LogP contribution in [0.3, 0.4) is 0 Å². The largest absolute Gasteiger partial charge is 0.304 e. The zero-order valence-corrected chi connectivity index (χ0v) is 12.2. The summed E-state index contributed by atoms with van der Waals surface area (Å²) in [7, 11) is 2.04. The highest BCUT2D eigenvalue weighted by molar-refractivity contribution is 6.21. The molecule has 1 heterocycles. The Hall–Kier alpha value is -1.45. The van der Waals surface area contributed by atoms with E-state index in [1.54, 1.807) is 24.5 Å². The molecule has 106 valence electrons. The molecule has 1 unspecified atom stereocenters. The van der Waals surface area contributed by atoms with Crippen molar-refractivity contribution < 1.29 is 4.39 Å². The van der Waals surface area contributed by atoms with Gasteiger partial charge in [0.1, 0.15) is 5.82 Å². The lowest BCUT2D eigenvalue weighted by Crippen LogP contribution is -2.25. The molecule has 0 aliphatic heterocycles. The van der Waals surface area contributed by atoms with Crippen LogP contribution in [0, 0.1) is 5.82 Å². The Morgan fingerprint density at radius 3 is 2.45 bits per heavy atom. The number of halogens is 2. The molecule has 0 amide bonds. The molecule has 0 spiro atoms. The van der Waals surface area contributed by atoms with Gasteiger partial charge in [0.05, 0.1) is 5.38 Å². The first-order valence-electron chi connectivity index (χ1n) is 6.62. The molecule has 0 saturated heterocycles. The van der Waals surface area contributed by atoms with E-state index < -0.39 is 0 Å². The van der Waals surface area contributed by atoms with Crippen LogP contribution in [0.25, 0.3) is 0 Å². The minimum Gasteiger partial charge on any atom is -0.304 e. The average Bonchev–Trinajstić information content (AvgIpc) is 2.47. The summed E-state index contributed by atoms with van der Waals surface area (Å²) >= 11 is 6.36. The molecule has 1 atom stereocenters. The van der Waals surface area contributed by atoms with Crippen molar-refractivity contribution in [2.24, 2.45) is 0 Å². The number of alkyl halides is 1. The number of likely N-dealkylation sites (N-methyl/N-ethyl adjacent to an activating group) is 1. The summed E-state index contributed by atoms with van der Waals surface area (Å²) in [6, 6.07) is 10.4. The first-order valence-corrected chi connectivity index (χ1v) is 7.06. The number of benzene rings is 1. The van der Waals surface area contributed by atoms with Gasteiger partial charge in [-0.2, -0.15) is 0 Å². The highest BCUT2D eigenvalue weighted by Gasteiger charge is 2.11. The quantitative estimate of drug-likeness (QED) is 0.755. The van der Waals surface area contributed by atoms with Crippen LogP contribution in [0.1, 0.15) is 16.5 Å². The van der Waals surface area contributed by atoms with Crippen LogP contribution in [0.2, 0.25) is 0 Å². The van der Waals surface area contributed by atoms with Gasteiger partial charge in [-0.25, -0.2) is 4.39 Å². The maximum absolute atomic E-state index is 12.9. The first-order chi connectivity index (χ1) is 9.65. The van der Waals surface area contributed by atoms with Crippen LogP contribution in [0.5, 0.6) is 0 Å². The zero-order valence-electron chi connectivity index (χ0n) is 11.5. The predicted molar refractivity (Wildman–Crippen MR) is 80.4 cm³/mol. The van der Waals surface area contributed by atoms with E-state index in [2.05, 4.69) is 9.88 Å². The van der Waals surface area contributed by atoms with E-state index in [-0.39, 0.29) is 11.2 Å². The number of pyridine rings is 1. The second-order valence-corrected chi connectivity index (χ2v) is 5.41. The number of rotatable bonds is 6. The number of aromatic nitrogens is 1. The van der Waals surface area contributed by atoms with Crippen molar-refractivity contribution in [3.05, 3.63) is 65.7 Å². The van der Waals surface area contributed by atoms with E-state index in [1.807, 2.05) is 19.2 Å². The molecule has 0 aliphatic rings. The van der Waals surface area contributed by atoms with Crippen molar-refractivity contribution in [3.63, 3.8) is 0 Å². The lowest BCUT2D eigenvalue weighted by atomic mass is 10.1. The molecule has 0 N–H and O–H groups in total. The van der Waals surface area contributed by atoms with Crippen molar-refractivity contribution in [1.29, 1.82) is 0 Å². The maximum Gasteiger partial charge on any atom is 0.123 e. The molecule has 0 radical (unpaired) electrons. The number of hydrogen-bond acceptors (Lipinski definition) is 2. The summed E-state index contributed by atoms with van der Waals surface area (Å²) in [5.74, 6) is -0.233. The molecule has 0 saturated carbocycles. The van der Waals surface area contributed by atoms with Gasteiger partial charge in [-0.15, -0.1) is 11.6 Å². The summed E-state index contributed by atoms with van der Waals surface area (Å²) in [6.07, 6.45) is 4.57. The van der Waals surface area contributed by atoms with Crippen molar-refractivity contribution in [1.82, 2.24) is 9.88 Å². The molecule has 2 aromatic rings. The average molecular weight is 293 g/mol. The van der Waals surface area contributed by atoms with Crippen LogP contribution < -0.4 is 0 Å². The summed E-state index contributed by atoms with van der Waals surface area (Å²) in [5.41, 5.74) is 2.21. The minimum absolute atomic E-state index is 0.127. The van der Waals surface area contributed by atoms with E-state index >= 15 is 0 Å².